The molecule has 0 aromatic rings. The second kappa shape index (κ2) is 25.8. The maximum atomic E-state index is 6.46. The molecule has 12 saturated heterocycles. The van der Waals surface area contributed by atoms with Crippen LogP contribution in [0.1, 0.15) is 0 Å². The molecule has 0 unspecified atom stereocenters. The SMILES string of the molecule is O.O.O.O.O.O.O.O.O.O.O.O.[Cl-].[Cl-].[Cl-].[Cl-].[Cl-].[Cl-].[Cl-].[Cl-].[NH3+]C1C2[O][Ge-2]345([O]C1C([NH3+])C([O]3)C2[NH3+])[O]C1C([NH3+])C([O]4)C([NH3+])C([O]5)C1[NH3+].[NH3+]C1C2[O][Ge-2]345([O]C1C([NH3+])C([O]3)C2[NH3+])[O]C1C([NH3+])C([O]4)C([NH3+])C([O]5)C1[NH3+]. The van der Waals surface area contributed by atoms with Gasteiger partial charge in [0.25, 0.3) is 0 Å². The van der Waals surface area contributed by atoms with Crippen molar-refractivity contribution in [2.24, 2.45) is 0 Å². The Bertz CT molecular complexity index is 1200. The van der Waals surface area contributed by atoms with Crippen LogP contribution >= 0.6 is 0 Å². The molecule has 36 nitrogen and oxygen atoms in total. The molecule has 0 aromatic carbocycles. The Morgan fingerprint density at radius 1 is 0.157 bits per heavy atom. The Kier molecular flexibility index (Phi) is 34.8. The Labute approximate surface area is 448 Å². The van der Waals surface area contributed by atoms with E-state index >= 15 is 0 Å². The monoisotopic (exact) mass is 1350 g/mol. The first kappa shape index (κ1) is 94.4. The van der Waals surface area contributed by atoms with E-state index in [1.165, 1.54) is 0 Å². The van der Waals surface area contributed by atoms with Crippen molar-refractivity contribution in [1.29, 1.82) is 0 Å². The first-order valence-corrected chi connectivity index (χ1v) is 28.5. The quantitative estimate of drug-likeness (QED) is 0.101. The molecule has 4 aliphatic carbocycles. The molecule has 14 bridgehead atoms. The van der Waals surface area contributed by atoms with Gasteiger partial charge in [-0.3, -0.25) is 0 Å². The fraction of sp³-hybridized carbons (Fsp3) is 1.00. The predicted molar refractivity (Wildman–Crippen MR) is 193 cm³/mol. The van der Waals surface area contributed by atoms with Crippen molar-refractivity contribution in [1.82, 2.24) is 0 Å². The summed E-state index contributed by atoms with van der Waals surface area (Å²) in [6, 6.07) is -1.63. The summed E-state index contributed by atoms with van der Waals surface area (Å²) in [4.78, 5) is 0. The van der Waals surface area contributed by atoms with Gasteiger partial charge in [-0.25, -0.2) is 0 Å². The summed E-state index contributed by atoms with van der Waals surface area (Å²) in [5.41, 5.74) is 50.8. The topological polar surface area (TPSA) is 820 Å². The van der Waals surface area contributed by atoms with Crippen molar-refractivity contribution >= 4 is 26.2 Å². The Morgan fingerprint density at radius 2 is 0.214 bits per heavy atom. The van der Waals surface area contributed by atoms with Gasteiger partial charge in [0, 0.05) is 0 Å². The van der Waals surface area contributed by atoms with E-state index in [1.54, 1.807) is 0 Å². The van der Waals surface area contributed by atoms with Crippen LogP contribution in [0.25, 0.3) is 0 Å². The van der Waals surface area contributed by atoms with Crippen LogP contribution in [0.3, 0.4) is 0 Å². The summed E-state index contributed by atoms with van der Waals surface area (Å²) in [6.07, 6.45) is -3.76. The molecule has 60 N–H and O–H groups in total. The molecule has 448 valence electrons. The zero-order valence-corrected chi connectivity index (χ0v) is 47.5. The van der Waals surface area contributed by atoms with Gasteiger partial charge in [-0.15, -0.1) is 0 Å². The molecule has 0 radical (unpaired) electrons. The van der Waals surface area contributed by atoms with Gasteiger partial charge in [0.1, 0.15) is 0 Å². The summed E-state index contributed by atoms with van der Waals surface area (Å²) in [7, 11) is 0. The molecule has 0 atom stereocenters. The van der Waals surface area contributed by atoms with Crippen LogP contribution in [0.2, 0.25) is 0 Å². The molecule has 16 fully saturated rings. The van der Waals surface area contributed by atoms with Crippen molar-refractivity contribution in [2.45, 2.75) is 146 Å². The second-order valence-corrected chi connectivity index (χ2v) is 33.9. The zero-order chi connectivity index (χ0) is 35.2. The fourth-order valence-electron chi connectivity index (χ4n) is 12.3. The van der Waals surface area contributed by atoms with E-state index in [0.29, 0.717) is 0 Å². The number of halogens is 8. The molecule has 16 aliphatic rings. The summed E-state index contributed by atoms with van der Waals surface area (Å²) < 4.78 is 77.5. The molecule has 4 saturated carbocycles. The summed E-state index contributed by atoms with van der Waals surface area (Å²) in [5.74, 6) is 0. The van der Waals surface area contributed by atoms with Gasteiger partial charge in [0.05, 0.1) is 0 Å². The minimum atomic E-state index is -6.10. The Hall–Kier alpha value is 1.97. The Morgan fingerprint density at radius 3 is 0.271 bits per heavy atom. The van der Waals surface area contributed by atoms with Crippen LogP contribution < -0.4 is 168 Å². The predicted octanol–water partition coefficient (Wildman–Crippen LogP) is -53.1. The van der Waals surface area contributed by atoms with Gasteiger partial charge >= 0.3 is 286 Å². The summed E-state index contributed by atoms with van der Waals surface area (Å²) in [5, 5.41) is 0. The van der Waals surface area contributed by atoms with Crippen LogP contribution in [0.4, 0.5) is 0 Å². The molecule has 0 aromatic heterocycles. The number of hydrogen-bond donors (Lipinski definition) is 12. The van der Waals surface area contributed by atoms with Gasteiger partial charge in [-0.2, -0.15) is 0 Å². The first-order chi connectivity index (χ1) is 23.3. The van der Waals surface area contributed by atoms with Crippen LogP contribution in [-0.2, 0) is 45.2 Å². The normalized spacial score (nSPS) is 49.9. The van der Waals surface area contributed by atoms with Crippen molar-refractivity contribution in [2.75, 3.05) is 0 Å². The molecule has 12 heterocycles. The van der Waals surface area contributed by atoms with Crippen molar-refractivity contribution < 1.29 is 279 Å². The van der Waals surface area contributed by atoms with Crippen LogP contribution in [0, 0.1) is 0 Å². The van der Waals surface area contributed by atoms with Crippen LogP contribution in [-0.4, -0.2) is 238 Å². The minimum absolute atomic E-state index is 0. The van der Waals surface area contributed by atoms with Gasteiger partial charge in [-0.1, -0.05) is 0 Å². The van der Waals surface area contributed by atoms with E-state index < -0.39 is 26.2 Å². The summed E-state index contributed by atoms with van der Waals surface area (Å²) in [6.45, 7) is 0. The van der Waals surface area contributed by atoms with E-state index in [4.69, 9.17) is 45.2 Å². The van der Waals surface area contributed by atoms with E-state index in [1.807, 2.05) is 0 Å². The van der Waals surface area contributed by atoms with Crippen molar-refractivity contribution in [3.63, 3.8) is 0 Å². The van der Waals surface area contributed by atoms with E-state index in [9.17, 15) is 0 Å². The summed E-state index contributed by atoms with van der Waals surface area (Å²) >= 11 is -12.2. The average Bonchev–Trinajstić information content (AvgIpc) is 3.09. The molecular weight excluding hydrogens is 1270 g/mol. The molecule has 46 heteroatoms. The van der Waals surface area contributed by atoms with Gasteiger partial charge in [0.2, 0.25) is 0 Å². The third kappa shape index (κ3) is 10.1. The molecule has 16 rings (SSSR count). The Balaban J connectivity index is -0.0000001000. The zero-order valence-electron chi connectivity index (χ0n) is 37.3. The van der Waals surface area contributed by atoms with Gasteiger partial charge in [-0.05, 0) is 0 Å². The third-order valence-electron chi connectivity index (χ3n) is 14.6. The van der Waals surface area contributed by atoms with Gasteiger partial charge < -0.3 is 165 Å². The molecule has 0 amide bonds. The van der Waals surface area contributed by atoms with E-state index in [2.05, 4.69) is 68.8 Å². The second-order valence-electron chi connectivity index (χ2n) is 17.5. The van der Waals surface area contributed by atoms with Crippen molar-refractivity contribution in [3.05, 3.63) is 0 Å². The van der Waals surface area contributed by atoms with E-state index in [-0.39, 0.29) is 311 Å². The van der Waals surface area contributed by atoms with Crippen LogP contribution in [0.15, 0.2) is 0 Å². The third-order valence-corrected chi connectivity index (χ3v) is 33.6. The molecule has 12 aliphatic heterocycles. The number of quaternary nitrogens is 12. The maximum absolute atomic E-state index is 6.46. The molecule has 70 heavy (non-hydrogen) atoms. The molecule has 2 spiro atoms. The first-order valence-electron chi connectivity index (χ1n) is 18.2. The van der Waals surface area contributed by atoms with E-state index in [0.717, 1.165) is 0 Å². The van der Waals surface area contributed by atoms with Crippen molar-refractivity contribution in [3.8, 4) is 0 Å². The number of hydrogen-bond acceptors (Lipinski definition) is 12. The molecular formula is C24H84Cl8Ge2N12O24. The average molecular weight is 1350 g/mol. The van der Waals surface area contributed by atoms with Gasteiger partial charge in [0.15, 0.2) is 0 Å². The fourth-order valence-corrected chi connectivity index (χ4v) is 38.6. The standard InChI is InChI=1S/2C12H24GeN6O6.8ClH.12H2O/c2*14-1-7-2(15)9-3(16)8(1)21-13(20-7,22-9)23-10-4(17)11(24-13)6(19)12(25-13)5(10)18;;;;;;;;;;;;;;;;;;;;/h2*1-12H,14-19H2;8*1H;12*1H2/q2*-2;;;;;;;;;;;;;;;;;;;;/p+4. The number of rotatable bonds is 0. The van der Waals surface area contributed by atoms with Crippen LogP contribution in [0.5, 0.6) is 0 Å².